The average Bonchev–Trinajstić information content (AvgIpc) is 2.60. The smallest absolute Gasteiger partial charge is 0.231 e. The molecule has 0 amide bonds. The van der Waals surface area contributed by atoms with Gasteiger partial charge in [-0.1, -0.05) is 37.6 Å². The quantitative estimate of drug-likeness (QED) is 0.737. The lowest BCUT2D eigenvalue weighted by atomic mass is 9.92. The number of aryl methyl sites for hydroxylation is 1. The normalized spacial score (nSPS) is 19.6. The van der Waals surface area contributed by atoms with E-state index in [4.69, 9.17) is 28.8 Å². The molecule has 1 saturated heterocycles. The zero-order valence-electron chi connectivity index (χ0n) is 16.0. The lowest BCUT2D eigenvalue weighted by Crippen LogP contribution is -2.39. The average molecular weight is 404 g/mol. The van der Waals surface area contributed by atoms with Gasteiger partial charge < -0.3 is 15.5 Å². The SMILES string of the molecule is Cc1cc(N2CC(C)CC(C)C2)nc(NC(=S)NCc2ccc(Cl)cc2)n1. The van der Waals surface area contributed by atoms with Crippen molar-refractivity contribution in [3.8, 4) is 0 Å². The van der Waals surface area contributed by atoms with Crippen LogP contribution in [0.5, 0.6) is 0 Å². The van der Waals surface area contributed by atoms with Crippen LogP contribution in [0.25, 0.3) is 0 Å². The number of thiocarbonyl (C=S) groups is 1. The highest BCUT2D eigenvalue weighted by molar-refractivity contribution is 7.80. The van der Waals surface area contributed by atoms with Gasteiger partial charge in [0.05, 0.1) is 0 Å². The highest BCUT2D eigenvalue weighted by atomic mass is 35.5. The van der Waals surface area contributed by atoms with Gasteiger partial charge in [-0.3, -0.25) is 0 Å². The topological polar surface area (TPSA) is 53.1 Å². The number of benzene rings is 1. The number of halogens is 1. The lowest BCUT2D eigenvalue weighted by Gasteiger charge is -2.36. The van der Waals surface area contributed by atoms with Crippen molar-refractivity contribution in [2.45, 2.75) is 33.7 Å². The highest BCUT2D eigenvalue weighted by Crippen LogP contribution is 2.26. The van der Waals surface area contributed by atoms with Crippen LogP contribution in [0.1, 0.15) is 31.5 Å². The number of nitrogens with one attached hydrogen (secondary N) is 2. The van der Waals surface area contributed by atoms with E-state index in [9.17, 15) is 0 Å². The van der Waals surface area contributed by atoms with Crippen molar-refractivity contribution in [3.63, 3.8) is 0 Å². The van der Waals surface area contributed by atoms with E-state index in [0.717, 1.165) is 35.2 Å². The number of piperidine rings is 1. The molecular weight excluding hydrogens is 378 g/mol. The number of nitrogens with zero attached hydrogens (tertiary/aromatic N) is 3. The molecular formula is C20H26ClN5S. The first kappa shape index (κ1) is 19.8. The monoisotopic (exact) mass is 403 g/mol. The Balaban J connectivity index is 1.63. The number of hydrogen-bond acceptors (Lipinski definition) is 4. The maximum absolute atomic E-state index is 5.91. The van der Waals surface area contributed by atoms with Crippen molar-refractivity contribution in [3.05, 3.63) is 46.6 Å². The minimum Gasteiger partial charge on any atom is -0.358 e. The molecule has 1 aliphatic heterocycles. The minimum absolute atomic E-state index is 0.502. The van der Waals surface area contributed by atoms with Crippen molar-refractivity contribution in [2.24, 2.45) is 11.8 Å². The van der Waals surface area contributed by atoms with Crippen molar-refractivity contribution in [1.82, 2.24) is 15.3 Å². The summed E-state index contributed by atoms with van der Waals surface area (Å²) < 4.78 is 0. The Bertz CT molecular complexity index is 785. The van der Waals surface area contributed by atoms with Crippen LogP contribution in [-0.2, 0) is 6.54 Å². The number of aromatic nitrogens is 2. The Kier molecular flexibility index (Phi) is 6.50. The second-order valence-corrected chi connectivity index (χ2v) is 8.32. The van der Waals surface area contributed by atoms with Gasteiger partial charge >= 0.3 is 0 Å². The van der Waals surface area contributed by atoms with Crippen LogP contribution in [0.2, 0.25) is 5.02 Å². The van der Waals surface area contributed by atoms with Crippen LogP contribution in [0, 0.1) is 18.8 Å². The summed E-state index contributed by atoms with van der Waals surface area (Å²) in [7, 11) is 0. The van der Waals surface area contributed by atoms with Gasteiger partial charge in [0, 0.05) is 36.4 Å². The van der Waals surface area contributed by atoms with Crippen molar-refractivity contribution >= 4 is 40.7 Å². The molecule has 1 aromatic carbocycles. The maximum Gasteiger partial charge on any atom is 0.231 e. The summed E-state index contributed by atoms with van der Waals surface area (Å²) in [4.78, 5) is 11.5. The first-order chi connectivity index (χ1) is 12.9. The molecule has 144 valence electrons. The van der Waals surface area contributed by atoms with Gasteiger partial charge in [0.1, 0.15) is 5.82 Å². The zero-order valence-corrected chi connectivity index (χ0v) is 17.6. The Morgan fingerprint density at radius 2 is 1.85 bits per heavy atom. The van der Waals surface area contributed by atoms with E-state index in [1.807, 2.05) is 37.3 Å². The van der Waals surface area contributed by atoms with Crippen LogP contribution >= 0.6 is 23.8 Å². The van der Waals surface area contributed by atoms with Gasteiger partial charge in [-0.05, 0) is 55.1 Å². The lowest BCUT2D eigenvalue weighted by molar-refractivity contribution is 0.355. The summed E-state index contributed by atoms with van der Waals surface area (Å²) in [5.41, 5.74) is 2.03. The standard InChI is InChI=1S/C20H26ClN5S/c1-13-8-14(2)12-26(11-13)18-9-15(3)23-19(24-18)25-20(27)22-10-16-4-6-17(21)7-5-16/h4-7,9,13-14H,8,10-12H2,1-3H3,(H2,22,23,24,25,27). The van der Waals surface area contributed by atoms with Gasteiger partial charge in [-0.15, -0.1) is 0 Å². The summed E-state index contributed by atoms with van der Waals surface area (Å²) >= 11 is 11.3. The molecule has 1 fully saturated rings. The van der Waals surface area contributed by atoms with Gasteiger partial charge in [0.2, 0.25) is 5.95 Å². The van der Waals surface area contributed by atoms with Crippen LogP contribution in [0.3, 0.4) is 0 Å². The Morgan fingerprint density at radius 1 is 1.19 bits per heavy atom. The molecule has 2 aromatic rings. The third-order valence-electron chi connectivity index (χ3n) is 4.63. The van der Waals surface area contributed by atoms with E-state index in [1.165, 1.54) is 6.42 Å². The molecule has 0 saturated carbocycles. The fourth-order valence-electron chi connectivity index (χ4n) is 3.55. The summed E-state index contributed by atoms with van der Waals surface area (Å²) in [5.74, 6) is 2.83. The highest BCUT2D eigenvalue weighted by Gasteiger charge is 2.23. The van der Waals surface area contributed by atoms with Crippen LogP contribution in [0.15, 0.2) is 30.3 Å². The third kappa shape index (κ3) is 5.78. The first-order valence-electron chi connectivity index (χ1n) is 9.29. The Morgan fingerprint density at radius 3 is 2.52 bits per heavy atom. The van der Waals surface area contributed by atoms with E-state index < -0.39 is 0 Å². The van der Waals surface area contributed by atoms with Crippen LogP contribution < -0.4 is 15.5 Å². The van der Waals surface area contributed by atoms with Gasteiger partial charge in [-0.25, -0.2) is 4.98 Å². The number of hydrogen-bond donors (Lipinski definition) is 2. The molecule has 0 aliphatic carbocycles. The maximum atomic E-state index is 5.91. The van der Waals surface area contributed by atoms with Crippen LogP contribution in [0.4, 0.5) is 11.8 Å². The first-order valence-corrected chi connectivity index (χ1v) is 10.1. The van der Waals surface area contributed by atoms with Crippen molar-refractivity contribution in [2.75, 3.05) is 23.3 Å². The van der Waals surface area contributed by atoms with E-state index >= 15 is 0 Å². The van der Waals surface area contributed by atoms with Crippen molar-refractivity contribution in [1.29, 1.82) is 0 Å². The summed E-state index contributed by atoms with van der Waals surface area (Å²) in [6, 6.07) is 9.72. The van der Waals surface area contributed by atoms with E-state index in [2.05, 4.69) is 34.4 Å². The summed E-state index contributed by atoms with van der Waals surface area (Å²) in [6.45, 7) is 9.25. The van der Waals surface area contributed by atoms with E-state index in [-0.39, 0.29) is 0 Å². The predicted molar refractivity (Wildman–Crippen MR) is 116 cm³/mol. The molecule has 1 aliphatic rings. The van der Waals surface area contributed by atoms with E-state index in [0.29, 0.717) is 29.4 Å². The molecule has 2 atom stereocenters. The van der Waals surface area contributed by atoms with Gasteiger partial charge in [0.25, 0.3) is 0 Å². The fraction of sp³-hybridized carbons (Fsp3) is 0.450. The van der Waals surface area contributed by atoms with Crippen LogP contribution in [-0.4, -0.2) is 28.2 Å². The molecule has 7 heteroatoms. The number of anilines is 2. The molecule has 0 bridgehead atoms. The van der Waals surface area contributed by atoms with Gasteiger partial charge in [-0.2, -0.15) is 4.98 Å². The molecule has 2 N–H and O–H groups in total. The molecule has 3 rings (SSSR count). The van der Waals surface area contributed by atoms with E-state index in [1.54, 1.807) is 0 Å². The fourth-order valence-corrected chi connectivity index (χ4v) is 3.84. The predicted octanol–water partition coefficient (Wildman–Crippen LogP) is 4.41. The molecule has 5 nitrogen and oxygen atoms in total. The molecule has 27 heavy (non-hydrogen) atoms. The summed E-state index contributed by atoms with van der Waals surface area (Å²) in [6.07, 6.45) is 1.27. The molecule has 1 aromatic heterocycles. The molecule has 2 unspecified atom stereocenters. The zero-order chi connectivity index (χ0) is 19.4. The Hall–Kier alpha value is -1.92. The summed E-state index contributed by atoms with van der Waals surface area (Å²) in [5, 5.41) is 7.52. The molecule has 2 heterocycles. The van der Waals surface area contributed by atoms with Gasteiger partial charge in [0.15, 0.2) is 5.11 Å². The second kappa shape index (κ2) is 8.85. The number of rotatable bonds is 4. The molecule has 0 radical (unpaired) electrons. The minimum atomic E-state index is 0.502. The molecule has 0 spiro atoms. The third-order valence-corrected chi connectivity index (χ3v) is 5.12. The largest absolute Gasteiger partial charge is 0.358 e. The second-order valence-electron chi connectivity index (χ2n) is 7.48. The van der Waals surface area contributed by atoms with Crippen molar-refractivity contribution < 1.29 is 0 Å². The Labute approximate surface area is 171 Å².